The summed E-state index contributed by atoms with van der Waals surface area (Å²) in [5, 5.41) is 6.70. The van der Waals surface area contributed by atoms with E-state index in [1.165, 1.54) is 6.42 Å². The molecule has 0 aromatic heterocycles. The highest BCUT2D eigenvalue weighted by atomic mass is 127. The van der Waals surface area contributed by atoms with Gasteiger partial charge in [-0.05, 0) is 30.0 Å². The van der Waals surface area contributed by atoms with Crippen LogP contribution in [0.5, 0.6) is 17.2 Å². The van der Waals surface area contributed by atoms with Crippen molar-refractivity contribution in [1.82, 2.24) is 10.6 Å². The predicted molar refractivity (Wildman–Crippen MR) is 102 cm³/mol. The normalized spacial score (nSPS) is 19.4. The van der Waals surface area contributed by atoms with Gasteiger partial charge in [0.05, 0.1) is 21.3 Å². The van der Waals surface area contributed by atoms with Crippen molar-refractivity contribution in [1.29, 1.82) is 0 Å². The van der Waals surface area contributed by atoms with Gasteiger partial charge in [-0.2, -0.15) is 0 Å². The second-order valence-electron chi connectivity index (χ2n) is 5.42. The number of aliphatic imine (C=N–C) groups is 1. The van der Waals surface area contributed by atoms with E-state index in [9.17, 15) is 0 Å². The van der Waals surface area contributed by atoms with E-state index in [0.29, 0.717) is 29.8 Å². The van der Waals surface area contributed by atoms with Crippen LogP contribution in [-0.4, -0.2) is 40.4 Å². The highest BCUT2D eigenvalue weighted by molar-refractivity contribution is 14.0. The molecule has 23 heavy (non-hydrogen) atoms. The molecule has 1 aromatic rings. The molecule has 0 heterocycles. The second-order valence-corrected chi connectivity index (χ2v) is 5.42. The maximum absolute atomic E-state index is 5.36. The van der Waals surface area contributed by atoms with Crippen LogP contribution in [0.25, 0.3) is 0 Å². The van der Waals surface area contributed by atoms with Crippen LogP contribution >= 0.6 is 24.0 Å². The molecule has 2 rings (SSSR count). The molecule has 0 aliphatic heterocycles. The molecule has 0 amide bonds. The molecule has 1 saturated carbocycles. The number of benzene rings is 1. The minimum absolute atomic E-state index is 0. The first-order valence-electron chi connectivity index (χ1n) is 7.39. The first kappa shape index (κ1) is 19.7. The summed E-state index contributed by atoms with van der Waals surface area (Å²) in [6, 6.07) is 4.40. The largest absolute Gasteiger partial charge is 0.493 e. The number of rotatable bonds is 6. The Morgan fingerprint density at radius 1 is 1.17 bits per heavy atom. The number of nitrogens with zero attached hydrogens (tertiary/aromatic N) is 1. The lowest BCUT2D eigenvalue weighted by Crippen LogP contribution is -2.38. The third-order valence-electron chi connectivity index (χ3n) is 3.84. The molecule has 1 aromatic carbocycles. The van der Waals surface area contributed by atoms with Crippen LogP contribution < -0.4 is 24.8 Å². The zero-order chi connectivity index (χ0) is 16.1. The fourth-order valence-corrected chi connectivity index (χ4v) is 2.32. The minimum Gasteiger partial charge on any atom is -0.493 e. The number of hydrogen-bond donors (Lipinski definition) is 2. The van der Waals surface area contributed by atoms with Gasteiger partial charge in [-0.25, -0.2) is 0 Å². The number of ether oxygens (including phenoxy) is 3. The smallest absolute Gasteiger partial charge is 0.203 e. The first-order valence-corrected chi connectivity index (χ1v) is 7.39. The number of nitrogens with one attached hydrogen (secondary N) is 2. The maximum Gasteiger partial charge on any atom is 0.203 e. The highest BCUT2D eigenvalue weighted by Gasteiger charge is 2.33. The quantitative estimate of drug-likeness (QED) is 0.408. The van der Waals surface area contributed by atoms with Gasteiger partial charge >= 0.3 is 0 Å². The molecule has 6 nitrogen and oxygen atoms in total. The van der Waals surface area contributed by atoms with Gasteiger partial charge in [0.25, 0.3) is 0 Å². The predicted octanol–water partition coefficient (Wildman–Crippen LogP) is 2.40. The molecular weight excluding hydrogens is 409 g/mol. The van der Waals surface area contributed by atoms with Gasteiger partial charge in [0.2, 0.25) is 5.75 Å². The Hall–Kier alpha value is -1.38. The van der Waals surface area contributed by atoms with E-state index >= 15 is 0 Å². The topological polar surface area (TPSA) is 64.1 Å². The lowest BCUT2D eigenvalue weighted by atomic mass is 10.2. The van der Waals surface area contributed by atoms with E-state index < -0.39 is 0 Å². The Morgan fingerprint density at radius 2 is 1.74 bits per heavy atom. The summed E-state index contributed by atoms with van der Waals surface area (Å²) in [5.41, 5.74) is 1.03. The van der Waals surface area contributed by atoms with Crippen molar-refractivity contribution < 1.29 is 14.2 Å². The van der Waals surface area contributed by atoms with Gasteiger partial charge in [0, 0.05) is 19.6 Å². The Bertz CT molecular complexity index is 526. The average molecular weight is 435 g/mol. The number of methoxy groups -OCH3 is 3. The zero-order valence-corrected chi connectivity index (χ0v) is 16.6. The first-order chi connectivity index (χ1) is 10.6. The summed E-state index contributed by atoms with van der Waals surface area (Å²) < 4.78 is 16.1. The molecule has 0 saturated heterocycles. The van der Waals surface area contributed by atoms with E-state index in [0.717, 1.165) is 17.4 Å². The summed E-state index contributed by atoms with van der Waals surface area (Å²) in [4.78, 5) is 4.24. The summed E-state index contributed by atoms with van der Waals surface area (Å²) in [5.74, 6) is 3.43. The van der Waals surface area contributed by atoms with Crippen molar-refractivity contribution in [2.24, 2.45) is 10.9 Å². The van der Waals surface area contributed by atoms with E-state index in [2.05, 4.69) is 22.5 Å². The van der Waals surface area contributed by atoms with Crippen molar-refractivity contribution in [3.8, 4) is 17.2 Å². The van der Waals surface area contributed by atoms with Crippen LogP contribution in [0.3, 0.4) is 0 Å². The Kier molecular flexibility index (Phi) is 7.74. The van der Waals surface area contributed by atoms with E-state index in [4.69, 9.17) is 14.2 Å². The summed E-state index contributed by atoms with van der Waals surface area (Å²) in [6.45, 7) is 2.85. The lowest BCUT2D eigenvalue weighted by molar-refractivity contribution is 0.323. The Balaban J connectivity index is 0.00000264. The summed E-state index contributed by atoms with van der Waals surface area (Å²) in [7, 11) is 6.60. The maximum atomic E-state index is 5.36. The van der Waals surface area contributed by atoms with Crippen LogP contribution in [0.1, 0.15) is 18.9 Å². The average Bonchev–Trinajstić information content (AvgIpc) is 3.24. The van der Waals surface area contributed by atoms with Gasteiger partial charge in [0.1, 0.15) is 0 Å². The second kappa shape index (κ2) is 9.05. The number of hydrogen-bond acceptors (Lipinski definition) is 4. The summed E-state index contributed by atoms with van der Waals surface area (Å²) >= 11 is 0. The Labute approximate surface area is 155 Å². The molecule has 0 radical (unpaired) electrons. The van der Waals surface area contributed by atoms with Gasteiger partial charge < -0.3 is 24.8 Å². The van der Waals surface area contributed by atoms with Gasteiger partial charge in [0.15, 0.2) is 17.5 Å². The van der Waals surface area contributed by atoms with Crippen molar-refractivity contribution >= 4 is 29.9 Å². The lowest BCUT2D eigenvalue weighted by Gasteiger charge is -2.16. The monoisotopic (exact) mass is 435 g/mol. The van der Waals surface area contributed by atoms with Crippen LogP contribution in [0.2, 0.25) is 0 Å². The van der Waals surface area contributed by atoms with Crippen LogP contribution in [-0.2, 0) is 6.54 Å². The molecule has 2 atom stereocenters. The van der Waals surface area contributed by atoms with Crippen molar-refractivity contribution in [2.75, 3.05) is 28.4 Å². The molecule has 0 spiro atoms. The third kappa shape index (κ3) is 5.05. The van der Waals surface area contributed by atoms with Gasteiger partial charge in [-0.1, -0.05) is 6.92 Å². The standard InChI is InChI=1S/C16H25N3O3.HI/c1-10-6-12(10)19-16(17-2)18-9-11-7-13(20-3)15(22-5)14(8-11)21-4;/h7-8,10,12H,6,9H2,1-5H3,(H2,17,18,19);1H. The van der Waals surface area contributed by atoms with Crippen LogP contribution in [0, 0.1) is 5.92 Å². The SMILES string of the molecule is CN=C(NCc1cc(OC)c(OC)c(OC)c1)NC1CC1C.I. The molecule has 7 heteroatoms. The molecule has 130 valence electrons. The summed E-state index contributed by atoms with van der Waals surface area (Å²) in [6.07, 6.45) is 1.20. The van der Waals surface area contributed by atoms with Gasteiger partial charge in [-0.15, -0.1) is 24.0 Å². The van der Waals surface area contributed by atoms with Gasteiger partial charge in [-0.3, -0.25) is 4.99 Å². The fraction of sp³-hybridized carbons (Fsp3) is 0.562. The fourth-order valence-electron chi connectivity index (χ4n) is 2.32. The zero-order valence-electron chi connectivity index (χ0n) is 14.3. The highest BCUT2D eigenvalue weighted by Crippen LogP contribution is 2.38. The molecule has 1 aliphatic carbocycles. The molecule has 1 fully saturated rings. The van der Waals surface area contributed by atoms with E-state index in [1.807, 2.05) is 12.1 Å². The minimum atomic E-state index is 0. The molecule has 0 bridgehead atoms. The number of halogens is 1. The molecule has 2 N–H and O–H groups in total. The van der Waals surface area contributed by atoms with Crippen LogP contribution in [0.15, 0.2) is 17.1 Å². The third-order valence-corrected chi connectivity index (χ3v) is 3.84. The van der Waals surface area contributed by atoms with E-state index in [1.54, 1.807) is 28.4 Å². The molecule has 2 unspecified atom stereocenters. The molecular formula is C16H26IN3O3. The van der Waals surface area contributed by atoms with Crippen molar-refractivity contribution in [3.63, 3.8) is 0 Å². The van der Waals surface area contributed by atoms with Crippen molar-refractivity contribution in [2.45, 2.75) is 25.9 Å². The van der Waals surface area contributed by atoms with Crippen molar-refractivity contribution in [3.05, 3.63) is 17.7 Å². The number of guanidine groups is 1. The van der Waals surface area contributed by atoms with Crippen LogP contribution in [0.4, 0.5) is 0 Å². The molecule has 1 aliphatic rings. The van der Waals surface area contributed by atoms with E-state index in [-0.39, 0.29) is 24.0 Å². The Morgan fingerprint density at radius 3 is 2.13 bits per heavy atom.